The van der Waals surface area contributed by atoms with Crippen molar-refractivity contribution < 1.29 is 28.2 Å². The summed E-state index contributed by atoms with van der Waals surface area (Å²) in [6.45, 7) is 10.4. The summed E-state index contributed by atoms with van der Waals surface area (Å²) < 4.78 is 29.5. The van der Waals surface area contributed by atoms with Gasteiger partial charge in [-0.05, 0) is 53.7 Å². The Morgan fingerprint density at radius 1 is 1.00 bits per heavy atom. The van der Waals surface area contributed by atoms with Gasteiger partial charge in [-0.15, -0.1) is 0 Å². The van der Waals surface area contributed by atoms with Crippen LogP contribution in [0.3, 0.4) is 0 Å². The Morgan fingerprint density at radius 2 is 1.46 bits per heavy atom. The van der Waals surface area contributed by atoms with Crippen molar-refractivity contribution in [3.05, 3.63) is 24.0 Å². The molecule has 0 spiro atoms. The van der Waals surface area contributed by atoms with Crippen LogP contribution in [0.5, 0.6) is 5.75 Å². The van der Waals surface area contributed by atoms with E-state index in [-0.39, 0.29) is 24.5 Å². The molecule has 0 fully saturated rings. The lowest BCUT2D eigenvalue weighted by Gasteiger charge is -2.24. The van der Waals surface area contributed by atoms with Crippen molar-refractivity contribution in [2.24, 2.45) is 0 Å². The third-order valence-corrected chi connectivity index (χ3v) is 3.02. The molecule has 0 unspecified atom stereocenters. The molecule has 2 amide bonds. The fourth-order valence-corrected chi connectivity index (χ4v) is 1.97. The molecule has 0 aliphatic heterocycles. The monoisotopic (exact) mass is 399 g/mol. The molecule has 0 bridgehead atoms. The fourth-order valence-electron chi connectivity index (χ4n) is 1.97. The highest BCUT2D eigenvalue weighted by Gasteiger charge is 2.21. The molecule has 28 heavy (non-hydrogen) atoms. The fraction of sp³-hybridized carbons (Fsp3) is 0.579. The highest BCUT2D eigenvalue weighted by Crippen LogP contribution is 2.23. The zero-order valence-corrected chi connectivity index (χ0v) is 17.2. The van der Waals surface area contributed by atoms with Gasteiger partial charge in [0.1, 0.15) is 28.9 Å². The van der Waals surface area contributed by atoms with Crippen molar-refractivity contribution in [1.82, 2.24) is 10.6 Å². The number of amides is 2. The molecule has 158 valence electrons. The van der Waals surface area contributed by atoms with Crippen LogP contribution in [0.4, 0.5) is 19.7 Å². The van der Waals surface area contributed by atoms with Gasteiger partial charge >= 0.3 is 12.2 Å². The molecule has 0 radical (unpaired) electrons. The van der Waals surface area contributed by atoms with Crippen molar-refractivity contribution in [2.45, 2.75) is 58.8 Å². The van der Waals surface area contributed by atoms with Gasteiger partial charge in [0, 0.05) is 6.07 Å². The van der Waals surface area contributed by atoms with Crippen LogP contribution in [0.1, 0.15) is 41.5 Å². The number of rotatable bonds is 6. The zero-order chi connectivity index (χ0) is 21.5. The molecule has 1 aromatic rings. The lowest BCUT2D eigenvalue weighted by atomic mass is 10.2. The number of nitrogens with two attached hydrogens (primary N) is 1. The van der Waals surface area contributed by atoms with Gasteiger partial charge in [0.05, 0.1) is 18.8 Å². The summed E-state index contributed by atoms with van der Waals surface area (Å²) in [5.41, 5.74) is 4.69. The maximum atomic E-state index is 13.5. The minimum absolute atomic E-state index is 0.0132. The van der Waals surface area contributed by atoms with Gasteiger partial charge in [-0.2, -0.15) is 0 Å². The number of ether oxygens (including phenoxy) is 3. The van der Waals surface area contributed by atoms with Gasteiger partial charge in [0.25, 0.3) is 0 Å². The molecule has 0 aliphatic carbocycles. The van der Waals surface area contributed by atoms with E-state index in [0.29, 0.717) is 0 Å². The minimum Gasteiger partial charge on any atom is -0.484 e. The first-order valence-corrected chi connectivity index (χ1v) is 8.90. The molecule has 0 aromatic heterocycles. The highest BCUT2D eigenvalue weighted by molar-refractivity contribution is 5.68. The molecular weight excluding hydrogens is 369 g/mol. The summed E-state index contributed by atoms with van der Waals surface area (Å²) in [7, 11) is 0. The van der Waals surface area contributed by atoms with E-state index in [1.807, 2.05) is 0 Å². The van der Waals surface area contributed by atoms with E-state index in [9.17, 15) is 14.0 Å². The van der Waals surface area contributed by atoms with Crippen LogP contribution in [-0.4, -0.2) is 42.6 Å². The molecule has 1 aromatic carbocycles. The van der Waals surface area contributed by atoms with E-state index < -0.39 is 35.3 Å². The smallest absolute Gasteiger partial charge is 0.407 e. The number of hydrogen-bond acceptors (Lipinski definition) is 6. The molecule has 4 N–H and O–H groups in total. The third kappa shape index (κ3) is 9.84. The number of alkyl carbamates (subject to hydrolysis) is 2. The maximum absolute atomic E-state index is 13.5. The molecular formula is C19H30FN3O5. The van der Waals surface area contributed by atoms with Gasteiger partial charge in [-0.25, -0.2) is 14.0 Å². The molecule has 8 nitrogen and oxygen atoms in total. The van der Waals surface area contributed by atoms with E-state index >= 15 is 0 Å². The summed E-state index contributed by atoms with van der Waals surface area (Å²) in [5.74, 6) is -0.426. The largest absolute Gasteiger partial charge is 0.484 e. The molecule has 0 atom stereocenters. The van der Waals surface area contributed by atoms with E-state index in [0.717, 1.165) is 6.07 Å². The van der Waals surface area contributed by atoms with Gasteiger partial charge in [0.2, 0.25) is 0 Å². The number of halogens is 1. The average molecular weight is 399 g/mol. The molecule has 0 saturated heterocycles. The first-order chi connectivity index (χ1) is 12.7. The Kier molecular flexibility index (Phi) is 7.89. The van der Waals surface area contributed by atoms with Crippen molar-refractivity contribution in [3.63, 3.8) is 0 Å². The van der Waals surface area contributed by atoms with Crippen molar-refractivity contribution in [3.8, 4) is 5.75 Å². The number of anilines is 1. The summed E-state index contributed by atoms with van der Waals surface area (Å²) in [4.78, 5) is 23.8. The Balaban J connectivity index is 2.77. The summed E-state index contributed by atoms with van der Waals surface area (Å²) in [5, 5.41) is 5.11. The zero-order valence-electron chi connectivity index (χ0n) is 17.2. The quantitative estimate of drug-likeness (QED) is 0.633. The SMILES string of the molecule is CC(C)(C)OC(=O)NCC(CNC(=O)OC(C)(C)C)Oc1cc(F)ccc1N. The van der Waals surface area contributed by atoms with Crippen molar-refractivity contribution >= 4 is 17.9 Å². The van der Waals surface area contributed by atoms with Crippen LogP contribution in [0.2, 0.25) is 0 Å². The Labute approximate surface area is 164 Å². The second-order valence-corrected chi connectivity index (χ2v) is 8.19. The molecule has 0 aliphatic rings. The Hall–Kier alpha value is -2.71. The first kappa shape index (κ1) is 23.3. The Morgan fingerprint density at radius 3 is 1.89 bits per heavy atom. The van der Waals surface area contributed by atoms with Crippen molar-refractivity contribution in [2.75, 3.05) is 18.8 Å². The topological polar surface area (TPSA) is 112 Å². The van der Waals surface area contributed by atoms with Crippen LogP contribution in [-0.2, 0) is 9.47 Å². The van der Waals surface area contributed by atoms with Crippen LogP contribution < -0.4 is 21.1 Å². The second kappa shape index (κ2) is 9.48. The van der Waals surface area contributed by atoms with Crippen LogP contribution in [0.25, 0.3) is 0 Å². The molecule has 0 saturated carbocycles. The summed E-state index contributed by atoms with van der Waals surface area (Å²) >= 11 is 0. The van der Waals surface area contributed by atoms with Gasteiger partial charge < -0.3 is 30.6 Å². The molecule has 0 heterocycles. The standard InChI is InChI=1S/C19H30FN3O5/c1-18(2,3)27-16(24)22-10-13(11-23-17(25)28-19(4,5)6)26-15-9-12(20)7-8-14(15)21/h7-9,13H,10-11,21H2,1-6H3,(H,22,24)(H,23,25). The van der Waals surface area contributed by atoms with Crippen LogP contribution in [0.15, 0.2) is 18.2 Å². The lowest BCUT2D eigenvalue weighted by molar-refractivity contribution is 0.0475. The summed E-state index contributed by atoms with van der Waals surface area (Å²) in [6, 6.07) is 3.70. The number of benzene rings is 1. The van der Waals surface area contributed by atoms with Crippen LogP contribution >= 0.6 is 0 Å². The predicted molar refractivity (Wildman–Crippen MR) is 104 cm³/mol. The third-order valence-electron chi connectivity index (χ3n) is 3.02. The van der Waals surface area contributed by atoms with Crippen LogP contribution in [0, 0.1) is 5.82 Å². The minimum atomic E-state index is -0.746. The number of nitrogens with one attached hydrogen (secondary N) is 2. The van der Waals surface area contributed by atoms with Gasteiger partial charge in [0.15, 0.2) is 0 Å². The summed E-state index contributed by atoms with van der Waals surface area (Å²) in [6.07, 6.45) is -2.04. The van der Waals surface area contributed by atoms with Gasteiger partial charge in [-0.3, -0.25) is 0 Å². The molecule has 9 heteroatoms. The predicted octanol–water partition coefficient (Wildman–Crippen LogP) is 3.20. The first-order valence-electron chi connectivity index (χ1n) is 8.90. The van der Waals surface area contributed by atoms with E-state index in [2.05, 4.69) is 10.6 Å². The average Bonchev–Trinajstić information content (AvgIpc) is 2.50. The number of nitrogen functional groups attached to an aromatic ring is 1. The van der Waals surface area contributed by atoms with Crippen molar-refractivity contribution in [1.29, 1.82) is 0 Å². The number of hydrogen-bond donors (Lipinski definition) is 3. The van der Waals surface area contributed by atoms with E-state index in [1.54, 1.807) is 41.5 Å². The Bertz CT molecular complexity index is 651. The maximum Gasteiger partial charge on any atom is 0.407 e. The number of carbonyl (C=O) groups excluding carboxylic acids is 2. The number of carbonyl (C=O) groups is 2. The van der Waals surface area contributed by atoms with E-state index in [4.69, 9.17) is 19.9 Å². The lowest BCUT2D eigenvalue weighted by Crippen LogP contribution is -2.45. The second-order valence-electron chi connectivity index (χ2n) is 8.19. The van der Waals surface area contributed by atoms with E-state index in [1.165, 1.54) is 12.1 Å². The molecule has 1 rings (SSSR count). The normalized spacial score (nSPS) is 11.7. The van der Waals surface area contributed by atoms with Gasteiger partial charge in [-0.1, -0.05) is 0 Å². The highest BCUT2D eigenvalue weighted by atomic mass is 19.1.